The third-order valence-electron chi connectivity index (χ3n) is 4.15. The largest absolute Gasteiger partial charge is 0.356 e. The molecule has 0 bridgehead atoms. The Balaban J connectivity index is 1.70. The highest BCUT2D eigenvalue weighted by molar-refractivity contribution is 7.51. The standard InChI is InChI=1S/C14H19N4O4P/c19-12-4-3-11-13(17-12)15-9-16-14(11)18-6-5-10(8-18)2-1-7-23(20,21)22/h3-4,9-10H,1-2,5-8H2,(H2,20,21,22)(H,15,16,17,19). The fourth-order valence-corrected chi connectivity index (χ4v) is 3.65. The number of H-pyrrole nitrogens is 1. The Morgan fingerprint density at radius 1 is 1.35 bits per heavy atom. The number of aromatic amines is 1. The van der Waals surface area contributed by atoms with Crippen molar-refractivity contribution in [2.45, 2.75) is 19.3 Å². The maximum Gasteiger partial charge on any atom is 0.325 e. The third-order valence-corrected chi connectivity index (χ3v) is 5.05. The summed E-state index contributed by atoms with van der Waals surface area (Å²) in [6.07, 6.45) is 3.67. The van der Waals surface area contributed by atoms with E-state index in [0.717, 1.165) is 37.1 Å². The molecule has 0 radical (unpaired) electrons. The van der Waals surface area contributed by atoms with E-state index in [0.29, 0.717) is 18.0 Å². The number of rotatable bonds is 5. The molecule has 3 heterocycles. The first kappa shape index (κ1) is 16.1. The number of hydrogen-bond donors (Lipinski definition) is 3. The van der Waals surface area contributed by atoms with Gasteiger partial charge in [-0.05, 0) is 31.2 Å². The van der Waals surface area contributed by atoms with Gasteiger partial charge in [-0.1, -0.05) is 0 Å². The number of nitrogens with one attached hydrogen (secondary N) is 1. The zero-order valence-electron chi connectivity index (χ0n) is 12.6. The highest BCUT2D eigenvalue weighted by atomic mass is 31.2. The number of anilines is 1. The quantitative estimate of drug-likeness (QED) is 0.698. The predicted molar refractivity (Wildman–Crippen MR) is 86.6 cm³/mol. The van der Waals surface area contributed by atoms with Gasteiger partial charge in [0.25, 0.3) is 0 Å². The van der Waals surface area contributed by atoms with Crippen molar-refractivity contribution in [3.63, 3.8) is 0 Å². The summed E-state index contributed by atoms with van der Waals surface area (Å²) in [5, 5.41) is 0.808. The Kier molecular flexibility index (Phi) is 4.48. The van der Waals surface area contributed by atoms with Crippen LogP contribution in [0.2, 0.25) is 0 Å². The minimum Gasteiger partial charge on any atom is -0.356 e. The van der Waals surface area contributed by atoms with Gasteiger partial charge in [0.15, 0.2) is 0 Å². The van der Waals surface area contributed by atoms with E-state index in [4.69, 9.17) is 9.79 Å². The summed E-state index contributed by atoms with van der Waals surface area (Å²) in [5.74, 6) is 1.19. The van der Waals surface area contributed by atoms with E-state index in [1.54, 1.807) is 6.07 Å². The molecular weight excluding hydrogens is 319 g/mol. The van der Waals surface area contributed by atoms with Crippen LogP contribution >= 0.6 is 7.60 Å². The summed E-state index contributed by atoms with van der Waals surface area (Å²) in [7, 11) is -3.90. The van der Waals surface area contributed by atoms with Gasteiger partial charge in [-0.15, -0.1) is 0 Å². The summed E-state index contributed by atoms with van der Waals surface area (Å²) < 4.78 is 10.9. The average Bonchev–Trinajstić information content (AvgIpc) is 2.93. The number of fused-ring (bicyclic) bond motifs is 1. The minimum atomic E-state index is -3.90. The molecule has 1 unspecified atom stereocenters. The molecule has 1 saturated heterocycles. The highest BCUT2D eigenvalue weighted by Crippen LogP contribution is 2.37. The van der Waals surface area contributed by atoms with Crippen LogP contribution in [0.4, 0.5) is 5.82 Å². The van der Waals surface area contributed by atoms with Gasteiger partial charge in [0.05, 0.1) is 5.39 Å². The Labute approximate surface area is 132 Å². The van der Waals surface area contributed by atoms with Crippen molar-refractivity contribution in [1.82, 2.24) is 15.0 Å². The van der Waals surface area contributed by atoms with E-state index >= 15 is 0 Å². The first-order chi connectivity index (χ1) is 10.9. The van der Waals surface area contributed by atoms with Gasteiger partial charge in [0, 0.05) is 25.3 Å². The van der Waals surface area contributed by atoms with Crippen molar-refractivity contribution in [3.05, 3.63) is 28.8 Å². The summed E-state index contributed by atoms with van der Waals surface area (Å²) >= 11 is 0. The van der Waals surface area contributed by atoms with Crippen LogP contribution < -0.4 is 10.5 Å². The predicted octanol–water partition coefficient (Wildman–Crippen LogP) is 1.10. The molecule has 2 aromatic heterocycles. The van der Waals surface area contributed by atoms with Gasteiger partial charge in [0.2, 0.25) is 5.56 Å². The maximum atomic E-state index is 11.4. The zero-order valence-corrected chi connectivity index (χ0v) is 13.4. The molecule has 1 fully saturated rings. The molecule has 1 aliphatic heterocycles. The monoisotopic (exact) mass is 338 g/mol. The lowest BCUT2D eigenvalue weighted by Gasteiger charge is -2.19. The van der Waals surface area contributed by atoms with Crippen LogP contribution in [0.1, 0.15) is 19.3 Å². The highest BCUT2D eigenvalue weighted by Gasteiger charge is 2.25. The Morgan fingerprint density at radius 2 is 2.17 bits per heavy atom. The van der Waals surface area contributed by atoms with Gasteiger partial charge in [-0.3, -0.25) is 9.36 Å². The Hall–Kier alpha value is -1.76. The molecule has 0 aliphatic carbocycles. The van der Waals surface area contributed by atoms with Crippen molar-refractivity contribution < 1.29 is 14.4 Å². The van der Waals surface area contributed by atoms with Crippen LogP contribution in [-0.2, 0) is 4.57 Å². The molecule has 0 amide bonds. The summed E-state index contributed by atoms with van der Waals surface area (Å²) in [6, 6.07) is 3.19. The summed E-state index contributed by atoms with van der Waals surface area (Å²) in [6.45, 7) is 1.64. The van der Waals surface area contributed by atoms with Crippen molar-refractivity contribution in [2.24, 2.45) is 5.92 Å². The smallest absolute Gasteiger partial charge is 0.325 e. The molecule has 23 heavy (non-hydrogen) atoms. The first-order valence-electron chi connectivity index (χ1n) is 7.56. The SMILES string of the molecule is O=c1ccc2c(N3CCC(CCCP(=O)(O)O)C3)ncnc2[nH]1. The molecule has 9 heteroatoms. The summed E-state index contributed by atoms with van der Waals surface area (Å²) in [5.41, 5.74) is 0.325. The average molecular weight is 338 g/mol. The molecule has 8 nitrogen and oxygen atoms in total. The molecule has 3 N–H and O–H groups in total. The van der Waals surface area contributed by atoms with Gasteiger partial charge < -0.3 is 19.7 Å². The molecule has 3 rings (SSSR count). The first-order valence-corrected chi connectivity index (χ1v) is 9.36. The molecule has 2 aromatic rings. The lowest BCUT2D eigenvalue weighted by atomic mass is 10.0. The second kappa shape index (κ2) is 6.39. The number of hydrogen-bond acceptors (Lipinski definition) is 5. The number of aromatic nitrogens is 3. The van der Waals surface area contributed by atoms with E-state index < -0.39 is 7.60 Å². The van der Waals surface area contributed by atoms with Gasteiger partial charge >= 0.3 is 7.60 Å². The fourth-order valence-electron chi connectivity index (χ4n) is 3.06. The second-order valence-corrected chi connectivity index (χ2v) is 7.69. The lowest BCUT2D eigenvalue weighted by molar-refractivity contribution is 0.368. The van der Waals surface area contributed by atoms with E-state index in [2.05, 4.69) is 19.9 Å². The third kappa shape index (κ3) is 3.96. The van der Waals surface area contributed by atoms with E-state index in [1.807, 2.05) is 0 Å². The fraction of sp³-hybridized carbons (Fsp3) is 0.500. The number of pyridine rings is 1. The van der Waals surface area contributed by atoms with Crippen LogP contribution in [0.5, 0.6) is 0 Å². The molecule has 0 aromatic carbocycles. The second-order valence-electron chi connectivity index (χ2n) is 5.91. The lowest BCUT2D eigenvalue weighted by Crippen LogP contribution is -2.21. The van der Waals surface area contributed by atoms with Crippen LogP contribution in [0.15, 0.2) is 23.3 Å². The summed E-state index contributed by atoms with van der Waals surface area (Å²) in [4.78, 5) is 42.5. The molecule has 0 spiro atoms. The minimum absolute atomic E-state index is 0.0544. The van der Waals surface area contributed by atoms with Crippen LogP contribution in [0, 0.1) is 5.92 Å². The van der Waals surface area contributed by atoms with Gasteiger partial charge in [-0.2, -0.15) is 0 Å². The molecule has 0 saturated carbocycles. The van der Waals surface area contributed by atoms with Crippen molar-refractivity contribution in [2.75, 3.05) is 24.2 Å². The molecular formula is C14H19N4O4P. The normalized spacial score (nSPS) is 18.7. The number of nitrogens with zero attached hydrogens (tertiary/aromatic N) is 3. The zero-order chi connectivity index (χ0) is 16.4. The van der Waals surface area contributed by atoms with Crippen molar-refractivity contribution in [1.29, 1.82) is 0 Å². The Morgan fingerprint density at radius 3 is 2.96 bits per heavy atom. The topological polar surface area (TPSA) is 119 Å². The maximum absolute atomic E-state index is 11.4. The van der Waals surface area contributed by atoms with Crippen LogP contribution in [-0.4, -0.2) is 44.0 Å². The van der Waals surface area contributed by atoms with E-state index in [-0.39, 0.29) is 11.7 Å². The van der Waals surface area contributed by atoms with Crippen LogP contribution in [0.3, 0.4) is 0 Å². The van der Waals surface area contributed by atoms with Gasteiger partial charge in [-0.25, -0.2) is 9.97 Å². The molecule has 124 valence electrons. The van der Waals surface area contributed by atoms with Crippen LogP contribution in [0.25, 0.3) is 11.0 Å². The van der Waals surface area contributed by atoms with Crippen molar-refractivity contribution >= 4 is 24.4 Å². The van der Waals surface area contributed by atoms with E-state index in [1.165, 1.54) is 12.4 Å². The molecule has 1 atom stereocenters. The van der Waals surface area contributed by atoms with Gasteiger partial charge in [0.1, 0.15) is 17.8 Å². The molecule has 1 aliphatic rings. The van der Waals surface area contributed by atoms with Crippen molar-refractivity contribution in [3.8, 4) is 0 Å². The van der Waals surface area contributed by atoms with E-state index in [9.17, 15) is 9.36 Å². The Bertz CT molecular complexity index is 803.